The highest BCUT2D eigenvalue weighted by Gasteiger charge is 2.59. The van der Waals surface area contributed by atoms with Crippen molar-refractivity contribution in [3.8, 4) is 11.5 Å². The lowest BCUT2D eigenvalue weighted by molar-refractivity contribution is -0.310. The standard InChI is InChI=1S/C31H44O6/c1-9-20-11-22(13-24(26(20)32)28(3,4)5)31(30(17-36-19-37-31)15-34-18-35-16-30)23-12-21(10-2)27(33)25(14-23)29(6,7)8/h11-14,32-33H,9-10,15-19H2,1-8H3. The van der Waals surface area contributed by atoms with E-state index < -0.39 is 11.0 Å². The molecule has 2 saturated heterocycles. The van der Waals surface area contributed by atoms with E-state index in [0.717, 1.165) is 33.4 Å². The molecular weight excluding hydrogens is 468 g/mol. The molecule has 2 aliphatic heterocycles. The highest BCUT2D eigenvalue weighted by Crippen LogP contribution is 2.55. The first kappa shape index (κ1) is 27.9. The summed E-state index contributed by atoms with van der Waals surface area (Å²) >= 11 is 0. The van der Waals surface area contributed by atoms with Crippen LogP contribution in [-0.2, 0) is 48.2 Å². The Labute approximate surface area is 221 Å². The van der Waals surface area contributed by atoms with Crippen molar-refractivity contribution in [2.45, 2.75) is 84.7 Å². The Morgan fingerprint density at radius 3 is 1.46 bits per heavy atom. The van der Waals surface area contributed by atoms with Gasteiger partial charge in [-0.25, -0.2) is 0 Å². The molecule has 37 heavy (non-hydrogen) atoms. The molecule has 2 aromatic rings. The van der Waals surface area contributed by atoms with E-state index in [4.69, 9.17) is 18.9 Å². The molecule has 2 fully saturated rings. The summed E-state index contributed by atoms with van der Waals surface area (Å²) in [7, 11) is 0. The van der Waals surface area contributed by atoms with Gasteiger partial charge in [-0.15, -0.1) is 0 Å². The van der Waals surface area contributed by atoms with Gasteiger partial charge in [0.05, 0.1) is 25.2 Å². The third kappa shape index (κ3) is 4.67. The predicted octanol–water partition coefficient (Wildman–Crippen LogP) is 6.06. The van der Waals surface area contributed by atoms with Crippen LogP contribution in [0.3, 0.4) is 0 Å². The van der Waals surface area contributed by atoms with E-state index in [9.17, 15) is 10.2 Å². The number of benzene rings is 2. The largest absolute Gasteiger partial charge is 0.507 e. The molecule has 6 nitrogen and oxygen atoms in total. The maximum absolute atomic E-state index is 11.2. The highest BCUT2D eigenvalue weighted by molar-refractivity contribution is 5.55. The number of aryl methyl sites for hydroxylation is 2. The van der Waals surface area contributed by atoms with Crippen LogP contribution < -0.4 is 0 Å². The Morgan fingerprint density at radius 2 is 1.08 bits per heavy atom. The lowest BCUT2D eigenvalue weighted by atomic mass is 9.63. The van der Waals surface area contributed by atoms with E-state index in [0.29, 0.717) is 44.2 Å². The first-order chi connectivity index (χ1) is 17.3. The zero-order valence-corrected chi connectivity index (χ0v) is 23.8. The van der Waals surface area contributed by atoms with E-state index in [1.807, 2.05) is 0 Å². The van der Waals surface area contributed by atoms with Crippen LogP contribution in [0.2, 0.25) is 0 Å². The van der Waals surface area contributed by atoms with Crippen LogP contribution in [0, 0.1) is 5.41 Å². The van der Waals surface area contributed by atoms with E-state index in [1.165, 1.54) is 0 Å². The van der Waals surface area contributed by atoms with E-state index in [1.54, 1.807) is 0 Å². The number of phenols is 2. The number of ether oxygens (including phenoxy) is 4. The fourth-order valence-corrected chi connectivity index (χ4v) is 5.91. The number of aromatic hydroxyl groups is 2. The molecule has 0 aliphatic carbocycles. The van der Waals surface area contributed by atoms with Crippen LogP contribution >= 0.6 is 0 Å². The van der Waals surface area contributed by atoms with Gasteiger partial charge in [0.2, 0.25) is 0 Å². The molecule has 2 aromatic carbocycles. The molecule has 0 bridgehead atoms. The molecule has 0 atom stereocenters. The quantitative estimate of drug-likeness (QED) is 0.519. The molecule has 0 unspecified atom stereocenters. The van der Waals surface area contributed by atoms with Gasteiger partial charge in [-0.05, 0) is 81.3 Å². The summed E-state index contributed by atoms with van der Waals surface area (Å²) < 4.78 is 24.6. The van der Waals surface area contributed by atoms with Crippen molar-refractivity contribution in [1.29, 1.82) is 0 Å². The van der Waals surface area contributed by atoms with E-state index in [2.05, 4.69) is 79.7 Å². The smallest absolute Gasteiger partial charge is 0.148 e. The van der Waals surface area contributed by atoms with Gasteiger partial charge >= 0.3 is 0 Å². The second kappa shape index (κ2) is 9.88. The second-order valence-electron chi connectivity index (χ2n) is 12.7. The summed E-state index contributed by atoms with van der Waals surface area (Å²) in [5.41, 5.74) is 3.13. The van der Waals surface area contributed by atoms with Crippen LogP contribution in [0.4, 0.5) is 0 Å². The number of hydrogen-bond acceptors (Lipinski definition) is 6. The first-order valence-corrected chi connectivity index (χ1v) is 13.4. The minimum Gasteiger partial charge on any atom is -0.507 e. The summed E-state index contributed by atoms with van der Waals surface area (Å²) in [4.78, 5) is 0. The van der Waals surface area contributed by atoms with Gasteiger partial charge in [-0.2, -0.15) is 0 Å². The predicted molar refractivity (Wildman–Crippen MR) is 144 cm³/mol. The minimum atomic E-state index is -0.985. The molecule has 0 aromatic heterocycles. The minimum absolute atomic E-state index is 0.113. The fraction of sp³-hybridized carbons (Fsp3) is 0.613. The van der Waals surface area contributed by atoms with Crippen molar-refractivity contribution in [3.63, 3.8) is 0 Å². The van der Waals surface area contributed by atoms with Gasteiger partial charge in [0.25, 0.3) is 0 Å². The van der Waals surface area contributed by atoms with Gasteiger partial charge < -0.3 is 29.2 Å². The van der Waals surface area contributed by atoms with Crippen molar-refractivity contribution in [2.24, 2.45) is 5.41 Å². The van der Waals surface area contributed by atoms with Crippen molar-refractivity contribution in [1.82, 2.24) is 0 Å². The normalized spacial score (nSPS) is 19.8. The van der Waals surface area contributed by atoms with Crippen molar-refractivity contribution in [3.05, 3.63) is 57.6 Å². The molecule has 2 heterocycles. The van der Waals surface area contributed by atoms with Gasteiger partial charge in [0, 0.05) is 0 Å². The van der Waals surface area contributed by atoms with Crippen molar-refractivity contribution < 1.29 is 29.2 Å². The topological polar surface area (TPSA) is 77.4 Å². The Bertz CT molecular complexity index is 1050. The van der Waals surface area contributed by atoms with Gasteiger partial charge in [0.15, 0.2) is 0 Å². The SMILES string of the molecule is CCc1cc(C2(c3cc(CC)c(O)c(C(C)(C)C)c3)OCOCC23COCOC3)cc(C(C)(C)C)c1O. The molecular formula is C31H44O6. The van der Waals surface area contributed by atoms with Crippen molar-refractivity contribution >= 4 is 0 Å². The Morgan fingerprint density at radius 1 is 0.676 bits per heavy atom. The summed E-state index contributed by atoms with van der Waals surface area (Å²) in [5.74, 6) is 0.669. The van der Waals surface area contributed by atoms with Crippen LogP contribution in [-0.4, -0.2) is 43.6 Å². The fourth-order valence-electron chi connectivity index (χ4n) is 5.91. The molecule has 4 rings (SSSR count). The zero-order valence-electron chi connectivity index (χ0n) is 23.8. The summed E-state index contributed by atoms with van der Waals surface area (Å²) in [6, 6.07) is 8.32. The van der Waals surface area contributed by atoms with Crippen molar-refractivity contribution in [2.75, 3.05) is 33.4 Å². The maximum Gasteiger partial charge on any atom is 0.148 e. The molecule has 0 saturated carbocycles. The molecule has 0 amide bonds. The van der Waals surface area contributed by atoms with Gasteiger partial charge in [-0.1, -0.05) is 55.4 Å². The summed E-state index contributed by atoms with van der Waals surface area (Å²) in [5, 5.41) is 22.4. The monoisotopic (exact) mass is 512 g/mol. The average Bonchev–Trinajstić information content (AvgIpc) is 2.84. The van der Waals surface area contributed by atoms with E-state index >= 15 is 0 Å². The number of rotatable bonds is 4. The molecule has 1 spiro atoms. The maximum atomic E-state index is 11.2. The Hall–Kier alpha value is -2.12. The second-order valence-corrected chi connectivity index (χ2v) is 12.7. The van der Waals surface area contributed by atoms with Crippen LogP contribution in [0.5, 0.6) is 11.5 Å². The summed E-state index contributed by atoms with van der Waals surface area (Å²) in [6.07, 6.45) is 1.36. The summed E-state index contributed by atoms with van der Waals surface area (Å²) in [6.45, 7) is 18.3. The van der Waals surface area contributed by atoms with Gasteiger partial charge in [-0.3, -0.25) is 0 Å². The number of hydrogen-bond donors (Lipinski definition) is 2. The van der Waals surface area contributed by atoms with Crippen LogP contribution in [0.15, 0.2) is 24.3 Å². The Kier molecular flexibility index (Phi) is 7.45. The molecule has 2 N–H and O–H groups in total. The third-order valence-electron chi connectivity index (χ3n) is 7.98. The van der Waals surface area contributed by atoms with Crippen LogP contribution in [0.25, 0.3) is 0 Å². The first-order valence-electron chi connectivity index (χ1n) is 13.4. The third-order valence-corrected chi connectivity index (χ3v) is 7.98. The van der Waals surface area contributed by atoms with Gasteiger partial charge in [0.1, 0.15) is 30.7 Å². The lowest BCUT2D eigenvalue weighted by Gasteiger charge is -2.54. The molecule has 204 valence electrons. The van der Waals surface area contributed by atoms with Crippen LogP contribution in [0.1, 0.15) is 88.8 Å². The molecule has 6 heteroatoms. The zero-order chi connectivity index (χ0) is 27.2. The lowest BCUT2D eigenvalue weighted by Crippen LogP contribution is -2.61. The van der Waals surface area contributed by atoms with E-state index in [-0.39, 0.29) is 24.4 Å². The Balaban J connectivity index is 2.14. The molecule has 0 radical (unpaired) electrons. The molecule has 2 aliphatic rings. The highest BCUT2D eigenvalue weighted by atomic mass is 16.7. The average molecular weight is 513 g/mol. The number of phenolic OH excluding ortho intramolecular Hbond substituents is 2.